The molecule has 1 aromatic carbocycles. The van der Waals surface area contributed by atoms with E-state index >= 15 is 0 Å². The number of carbonyl (C=O) groups excluding carboxylic acids is 1. The fourth-order valence-electron chi connectivity index (χ4n) is 3.79. The van der Waals surface area contributed by atoms with Crippen molar-refractivity contribution in [3.63, 3.8) is 0 Å². The maximum Gasteiger partial charge on any atom is 0.277 e. The highest BCUT2D eigenvalue weighted by atomic mass is 16.3. The fourth-order valence-corrected chi connectivity index (χ4v) is 3.79. The van der Waals surface area contributed by atoms with Gasteiger partial charge in [0.15, 0.2) is 6.54 Å². The fraction of sp³-hybridized carbons (Fsp3) is 0.632. The summed E-state index contributed by atoms with van der Waals surface area (Å²) < 4.78 is 0. The highest BCUT2D eigenvalue weighted by Gasteiger charge is 2.24. The van der Waals surface area contributed by atoms with Crippen LogP contribution in [0.4, 0.5) is 5.69 Å². The summed E-state index contributed by atoms with van der Waals surface area (Å²) in [6.45, 7) is 6.30. The number of likely N-dealkylation sites (tertiary alicyclic amines) is 1. The van der Waals surface area contributed by atoms with Crippen LogP contribution in [0.15, 0.2) is 24.3 Å². The number of nitrogens with one attached hydrogen (secondary N) is 1. The summed E-state index contributed by atoms with van der Waals surface area (Å²) in [4.78, 5) is 18.4. The van der Waals surface area contributed by atoms with Crippen LogP contribution in [0, 0.1) is 0 Å². The second-order valence-electron chi connectivity index (χ2n) is 7.08. The minimum atomic E-state index is 0.295. The van der Waals surface area contributed by atoms with Crippen molar-refractivity contribution in [1.29, 1.82) is 0 Å². The molecule has 5 nitrogen and oxygen atoms in total. The molecule has 0 unspecified atom stereocenters. The second-order valence-corrected chi connectivity index (χ2v) is 7.08. The Balaban J connectivity index is 1.46. The zero-order valence-corrected chi connectivity index (χ0v) is 14.5. The quantitative estimate of drug-likeness (QED) is 0.864. The molecule has 0 aliphatic carbocycles. The third kappa shape index (κ3) is 4.63. The Morgan fingerprint density at radius 3 is 2.12 bits per heavy atom. The molecule has 24 heavy (non-hydrogen) atoms. The van der Waals surface area contributed by atoms with Crippen LogP contribution in [0.25, 0.3) is 0 Å². The second kappa shape index (κ2) is 8.38. The molecule has 2 heterocycles. The smallest absolute Gasteiger partial charge is 0.277 e. The lowest BCUT2D eigenvalue weighted by Gasteiger charge is -2.36. The summed E-state index contributed by atoms with van der Waals surface area (Å²) in [5.74, 6) is 0.611. The molecule has 2 saturated heterocycles. The van der Waals surface area contributed by atoms with Gasteiger partial charge in [-0.3, -0.25) is 4.79 Å². The number of piperazine rings is 1. The molecule has 0 saturated carbocycles. The monoisotopic (exact) mass is 332 g/mol. The number of hydrogen-bond donors (Lipinski definition) is 2. The standard InChI is InChI=1S/C19H29N3O2/c23-18-8-6-17(7-9-18)21-12-14-22(15-13-21)19(24)16-20-10-4-2-1-3-5-11-20/h6-9,23H,1-5,10-16H2/p+1. The molecule has 2 fully saturated rings. The van der Waals surface area contributed by atoms with Gasteiger partial charge in [-0.15, -0.1) is 0 Å². The Morgan fingerprint density at radius 1 is 0.917 bits per heavy atom. The van der Waals surface area contributed by atoms with E-state index in [1.807, 2.05) is 17.0 Å². The first-order valence-corrected chi connectivity index (χ1v) is 9.38. The van der Waals surface area contributed by atoms with Crippen LogP contribution in [-0.4, -0.2) is 61.7 Å². The first-order valence-electron chi connectivity index (χ1n) is 9.38. The van der Waals surface area contributed by atoms with Crippen LogP contribution in [0.1, 0.15) is 32.1 Å². The summed E-state index contributed by atoms with van der Waals surface area (Å²) in [5.41, 5.74) is 1.12. The molecule has 3 rings (SSSR count). The number of phenolic OH excluding ortho intramolecular Hbond substituents is 1. The highest BCUT2D eigenvalue weighted by Crippen LogP contribution is 2.19. The topological polar surface area (TPSA) is 48.2 Å². The van der Waals surface area contributed by atoms with Crippen molar-refractivity contribution in [2.45, 2.75) is 32.1 Å². The maximum atomic E-state index is 12.6. The molecule has 0 radical (unpaired) electrons. The first kappa shape index (κ1) is 17.1. The number of aromatic hydroxyl groups is 1. The zero-order valence-electron chi connectivity index (χ0n) is 14.5. The predicted octanol–water partition coefficient (Wildman–Crippen LogP) is 0.890. The Morgan fingerprint density at radius 2 is 1.50 bits per heavy atom. The van der Waals surface area contributed by atoms with Gasteiger partial charge in [0.1, 0.15) is 5.75 Å². The van der Waals surface area contributed by atoms with Gasteiger partial charge in [-0.05, 0) is 49.9 Å². The van der Waals surface area contributed by atoms with Crippen molar-refractivity contribution in [2.24, 2.45) is 0 Å². The summed E-state index contributed by atoms with van der Waals surface area (Å²) in [5, 5.41) is 9.39. The summed E-state index contributed by atoms with van der Waals surface area (Å²) in [6.07, 6.45) is 6.53. The van der Waals surface area contributed by atoms with Crippen molar-refractivity contribution >= 4 is 11.6 Å². The Hall–Kier alpha value is -1.75. The molecule has 2 N–H and O–H groups in total. The van der Waals surface area contributed by atoms with Crippen LogP contribution < -0.4 is 9.80 Å². The maximum absolute atomic E-state index is 12.6. The van der Waals surface area contributed by atoms with E-state index in [1.165, 1.54) is 37.0 Å². The number of amides is 1. The lowest BCUT2D eigenvalue weighted by Crippen LogP contribution is -3.13. The molecule has 2 aliphatic heterocycles. The number of rotatable bonds is 3. The average Bonchev–Trinajstić information content (AvgIpc) is 2.58. The van der Waals surface area contributed by atoms with Crippen molar-refractivity contribution in [1.82, 2.24) is 4.90 Å². The molecule has 0 bridgehead atoms. The normalized spacial score (nSPS) is 20.5. The largest absolute Gasteiger partial charge is 0.508 e. The molecule has 1 aromatic rings. The lowest BCUT2D eigenvalue weighted by molar-refractivity contribution is -0.893. The van der Waals surface area contributed by atoms with Crippen LogP contribution in [0.5, 0.6) is 5.75 Å². The first-order chi connectivity index (χ1) is 11.7. The number of phenols is 1. The minimum absolute atomic E-state index is 0.295. The van der Waals surface area contributed by atoms with Crippen molar-refractivity contribution < 1.29 is 14.8 Å². The van der Waals surface area contributed by atoms with E-state index in [9.17, 15) is 9.90 Å². The third-order valence-corrected chi connectivity index (χ3v) is 5.31. The Labute approximate surface area is 144 Å². The molecule has 0 atom stereocenters. The van der Waals surface area contributed by atoms with Crippen LogP contribution in [-0.2, 0) is 4.79 Å². The summed E-state index contributed by atoms with van der Waals surface area (Å²) in [7, 11) is 0. The predicted molar refractivity (Wildman–Crippen MR) is 95.5 cm³/mol. The number of carbonyl (C=O) groups is 1. The third-order valence-electron chi connectivity index (χ3n) is 5.31. The molecular weight excluding hydrogens is 302 g/mol. The SMILES string of the molecule is O=C(C[NH+]1CCCCCCC1)N1CCN(c2ccc(O)cc2)CC1. The van der Waals surface area contributed by atoms with Gasteiger partial charge in [-0.25, -0.2) is 0 Å². The van der Waals surface area contributed by atoms with E-state index in [1.54, 1.807) is 12.1 Å². The van der Waals surface area contributed by atoms with E-state index < -0.39 is 0 Å². The van der Waals surface area contributed by atoms with Gasteiger partial charge in [-0.2, -0.15) is 0 Å². The molecule has 0 spiro atoms. The van der Waals surface area contributed by atoms with Gasteiger partial charge in [0.2, 0.25) is 0 Å². The molecule has 132 valence electrons. The van der Waals surface area contributed by atoms with Gasteiger partial charge in [0.25, 0.3) is 5.91 Å². The lowest BCUT2D eigenvalue weighted by atomic mass is 10.1. The van der Waals surface area contributed by atoms with Gasteiger partial charge in [0.05, 0.1) is 13.1 Å². The van der Waals surface area contributed by atoms with Crippen LogP contribution >= 0.6 is 0 Å². The Kier molecular flexibility index (Phi) is 5.96. The average molecular weight is 332 g/mol. The van der Waals surface area contributed by atoms with Crippen LogP contribution in [0.2, 0.25) is 0 Å². The van der Waals surface area contributed by atoms with E-state index in [4.69, 9.17) is 0 Å². The van der Waals surface area contributed by atoms with Gasteiger partial charge < -0.3 is 19.8 Å². The zero-order chi connectivity index (χ0) is 16.8. The number of nitrogens with zero attached hydrogens (tertiary/aromatic N) is 2. The van der Waals surface area contributed by atoms with Gasteiger partial charge >= 0.3 is 0 Å². The van der Waals surface area contributed by atoms with Crippen LogP contribution in [0.3, 0.4) is 0 Å². The summed E-state index contributed by atoms with van der Waals surface area (Å²) in [6, 6.07) is 7.32. The van der Waals surface area contributed by atoms with E-state index in [0.717, 1.165) is 45.0 Å². The van der Waals surface area contributed by atoms with E-state index in [2.05, 4.69) is 4.90 Å². The number of benzene rings is 1. The van der Waals surface area contributed by atoms with Crippen molar-refractivity contribution in [3.05, 3.63) is 24.3 Å². The minimum Gasteiger partial charge on any atom is -0.508 e. The molecule has 5 heteroatoms. The molecule has 1 amide bonds. The molecule has 0 aromatic heterocycles. The van der Waals surface area contributed by atoms with E-state index in [0.29, 0.717) is 18.2 Å². The van der Waals surface area contributed by atoms with E-state index in [-0.39, 0.29) is 0 Å². The number of anilines is 1. The van der Waals surface area contributed by atoms with Gasteiger partial charge in [0, 0.05) is 31.9 Å². The number of quaternary nitrogens is 1. The summed E-state index contributed by atoms with van der Waals surface area (Å²) >= 11 is 0. The Bertz CT molecular complexity index is 516. The van der Waals surface area contributed by atoms with Crippen molar-refractivity contribution in [2.75, 3.05) is 50.7 Å². The van der Waals surface area contributed by atoms with Gasteiger partial charge in [-0.1, -0.05) is 6.42 Å². The molecular formula is C19H30N3O2+. The molecule has 2 aliphatic rings. The van der Waals surface area contributed by atoms with Crippen molar-refractivity contribution in [3.8, 4) is 5.75 Å². The highest BCUT2D eigenvalue weighted by molar-refractivity contribution is 5.77. The number of hydrogen-bond acceptors (Lipinski definition) is 3.